The molecule has 0 saturated carbocycles. The van der Waals surface area contributed by atoms with E-state index in [0.717, 1.165) is 0 Å². The van der Waals surface area contributed by atoms with E-state index in [1.165, 1.54) is 0 Å². The Kier molecular flexibility index (Phi) is 4.57. The van der Waals surface area contributed by atoms with Crippen molar-refractivity contribution in [2.45, 2.75) is 31.6 Å². The zero-order chi connectivity index (χ0) is 13.2. The van der Waals surface area contributed by atoms with E-state index < -0.39 is 36.4 Å². The van der Waals surface area contributed by atoms with Crippen LogP contribution < -0.4 is 0 Å². The van der Waals surface area contributed by atoms with E-state index in [0.29, 0.717) is 6.92 Å². The summed E-state index contributed by atoms with van der Waals surface area (Å²) in [6.07, 6.45) is 0. The summed E-state index contributed by atoms with van der Waals surface area (Å²) in [4.78, 5) is 0. The number of halogens is 7. The zero-order valence-corrected chi connectivity index (χ0v) is 8.42. The van der Waals surface area contributed by atoms with Gasteiger partial charge in [0.1, 0.15) is 6.67 Å². The third-order valence-corrected chi connectivity index (χ3v) is 1.59. The molecule has 0 aliphatic rings. The van der Waals surface area contributed by atoms with Crippen molar-refractivity contribution in [3.05, 3.63) is 0 Å². The highest BCUT2D eigenvalue weighted by atomic mass is 19.3. The van der Waals surface area contributed by atoms with E-state index >= 15 is 0 Å². The summed E-state index contributed by atoms with van der Waals surface area (Å²) in [5, 5.41) is -1.82. The predicted octanol–water partition coefficient (Wildman–Crippen LogP) is 3.05. The summed E-state index contributed by atoms with van der Waals surface area (Å²) in [6.45, 7) is -3.97. The smallest absolute Gasteiger partial charge is 0.300 e. The summed E-state index contributed by atoms with van der Waals surface area (Å²) in [6, 6.07) is -5.09. The van der Waals surface area contributed by atoms with Crippen LogP contribution >= 0.6 is 0 Å². The summed E-state index contributed by atoms with van der Waals surface area (Å²) in [7, 11) is 0. The molecular weight excluding hydrogens is 247 g/mol. The van der Waals surface area contributed by atoms with Gasteiger partial charge in [0.05, 0.1) is 0 Å². The first-order valence-electron chi connectivity index (χ1n) is 4.01. The van der Waals surface area contributed by atoms with Crippen molar-refractivity contribution in [2.24, 2.45) is 0 Å². The monoisotopic (exact) mass is 257 g/mol. The highest BCUT2D eigenvalue weighted by Crippen LogP contribution is 2.40. The molecule has 0 fully saturated rings. The Balaban J connectivity index is 4.90. The third kappa shape index (κ3) is 3.21. The molecule has 0 radical (unpaired) electrons. The van der Waals surface area contributed by atoms with Gasteiger partial charge in [-0.25, -0.2) is 17.6 Å². The van der Waals surface area contributed by atoms with Crippen LogP contribution in [0.4, 0.5) is 30.8 Å². The SMILES string of the molecule is CC(F)(CF)OC(C)(F)C(F)(F)N(F)CF. The average Bonchev–Trinajstić information content (AvgIpc) is 2.14. The number of alkyl halides is 6. The molecule has 9 heteroatoms. The molecule has 2 atom stereocenters. The van der Waals surface area contributed by atoms with Crippen molar-refractivity contribution >= 4 is 0 Å². The van der Waals surface area contributed by atoms with Gasteiger partial charge in [0.15, 0.2) is 6.80 Å². The molecular formula is C7H10F7NO. The molecule has 0 rings (SSSR count). The first kappa shape index (κ1) is 15.4. The Morgan fingerprint density at radius 3 is 1.81 bits per heavy atom. The van der Waals surface area contributed by atoms with Crippen LogP contribution in [0.25, 0.3) is 0 Å². The van der Waals surface area contributed by atoms with Crippen molar-refractivity contribution in [1.29, 1.82) is 0 Å². The minimum absolute atomic E-state index is 0.0390. The van der Waals surface area contributed by atoms with Gasteiger partial charge < -0.3 is 4.74 Å². The van der Waals surface area contributed by atoms with E-state index in [1.807, 2.05) is 0 Å². The van der Waals surface area contributed by atoms with Gasteiger partial charge in [-0.15, -0.1) is 4.48 Å². The molecule has 16 heavy (non-hydrogen) atoms. The van der Waals surface area contributed by atoms with Gasteiger partial charge in [-0.1, -0.05) is 0 Å². The maximum atomic E-state index is 13.2. The molecule has 0 aromatic carbocycles. The highest BCUT2D eigenvalue weighted by molar-refractivity contribution is 4.80. The minimum atomic E-state index is -5.09. The van der Waals surface area contributed by atoms with Crippen LogP contribution in [0.1, 0.15) is 13.8 Å². The van der Waals surface area contributed by atoms with E-state index in [-0.39, 0.29) is 6.92 Å². The van der Waals surface area contributed by atoms with Crippen molar-refractivity contribution in [1.82, 2.24) is 5.12 Å². The number of nitrogens with zero attached hydrogens (tertiary/aromatic N) is 1. The van der Waals surface area contributed by atoms with Crippen molar-refractivity contribution in [3.63, 3.8) is 0 Å². The molecule has 0 bridgehead atoms. The number of ether oxygens (including phenoxy) is 1. The molecule has 0 spiro atoms. The molecule has 98 valence electrons. The number of hydrogen-bond acceptors (Lipinski definition) is 2. The standard InChI is InChI=1S/C7H10F7NO/c1-5(10,3-8)16-6(2,11)7(12,13)15(14)4-9/h3-4H2,1-2H3. The van der Waals surface area contributed by atoms with Crippen LogP contribution in [0, 0.1) is 0 Å². The van der Waals surface area contributed by atoms with E-state index in [9.17, 15) is 30.8 Å². The largest absolute Gasteiger partial charge is 0.390 e. The second-order valence-corrected chi connectivity index (χ2v) is 3.28. The van der Waals surface area contributed by atoms with Gasteiger partial charge in [-0.05, 0) is 12.0 Å². The Labute approximate surface area is 86.9 Å². The molecule has 0 heterocycles. The van der Waals surface area contributed by atoms with E-state index in [4.69, 9.17) is 0 Å². The molecule has 0 aliphatic carbocycles. The summed E-state index contributed by atoms with van der Waals surface area (Å²) in [5.41, 5.74) is 0. The molecule has 2 unspecified atom stereocenters. The molecule has 0 aromatic heterocycles. The highest BCUT2D eigenvalue weighted by Gasteiger charge is 2.61. The Morgan fingerprint density at radius 1 is 1.06 bits per heavy atom. The summed E-state index contributed by atoms with van der Waals surface area (Å²) < 4.78 is 90.7. The first-order chi connectivity index (χ1) is 7.00. The van der Waals surface area contributed by atoms with Gasteiger partial charge in [0.25, 0.3) is 5.85 Å². The summed E-state index contributed by atoms with van der Waals surface area (Å²) in [5.74, 6) is -7.60. The zero-order valence-electron chi connectivity index (χ0n) is 8.42. The molecule has 2 nitrogen and oxygen atoms in total. The van der Waals surface area contributed by atoms with E-state index in [1.54, 1.807) is 0 Å². The molecule has 0 aliphatic heterocycles. The fraction of sp³-hybridized carbons (Fsp3) is 1.00. The van der Waals surface area contributed by atoms with Crippen molar-refractivity contribution in [2.75, 3.05) is 13.5 Å². The lowest BCUT2D eigenvalue weighted by molar-refractivity contribution is -0.403. The predicted molar refractivity (Wildman–Crippen MR) is 40.0 cm³/mol. The average molecular weight is 257 g/mol. The maximum absolute atomic E-state index is 13.2. The number of rotatable bonds is 6. The van der Waals surface area contributed by atoms with Crippen LogP contribution in [0.15, 0.2) is 0 Å². The third-order valence-electron chi connectivity index (χ3n) is 1.59. The van der Waals surface area contributed by atoms with E-state index in [2.05, 4.69) is 4.74 Å². The quantitative estimate of drug-likeness (QED) is 0.412. The normalized spacial score (nSPS) is 20.6. The van der Waals surface area contributed by atoms with Crippen LogP contribution in [0.3, 0.4) is 0 Å². The lowest BCUT2D eigenvalue weighted by Gasteiger charge is -2.35. The maximum Gasteiger partial charge on any atom is 0.390 e. The van der Waals surface area contributed by atoms with Gasteiger partial charge in [0, 0.05) is 6.92 Å². The van der Waals surface area contributed by atoms with Crippen LogP contribution in [0.2, 0.25) is 0 Å². The molecule has 0 amide bonds. The minimum Gasteiger partial charge on any atom is -0.300 e. The Morgan fingerprint density at radius 2 is 1.50 bits per heavy atom. The summed E-state index contributed by atoms with van der Waals surface area (Å²) >= 11 is 0. The molecule has 0 aromatic rings. The van der Waals surface area contributed by atoms with Crippen molar-refractivity contribution < 1.29 is 35.6 Å². The van der Waals surface area contributed by atoms with Crippen LogP contribution in [-0.4, -0.2) is 36.4 Å². The fourth-order valence-electron chi connectivity index (χ4n) is 0.780. The lowest BCUT2D eigenvalue weighted by atomic mass is 10.2. The van der Waals surface area contributed by atoms with Gasteiger partial charge in [-0.3, -0.25) is 0 Å². The van der Waals surface area contributed by atoms with Gasteiger partial charge >= 0.3 is 6.05 Å². The Bertz CT molecular complexity index is 233. The second kappa shape index (κ2) is 4.74. The first-order valence-corrected chi connectivity index (χ1v) is 4.01. The van der Waals surface area contributed by atoms with Crippen LogP contribution in [0.5, 0.6) is 0 Å². The second-order valence-electron chi connectivity index (χ2n) is 3.28. The van der Waals surface area contributed by atoms with Gasteiger partial charge in [-0.2, -0.15) is 8.78 Å². The number of hydrogen-bond donors (Lipinski definition) is 0. The topological polar surface area (TPSA) is 12.5 Å². The Hall–Kier alpha value is -0.570. The molecule has 0 N–H and O–H groups in total. The van der Waals surface area contributed by atoms with Crippen molar-refractivity contribution in [3.8, 4) is 0 Å². The molecule has 0 saturated heterocycles. The van der Waals surface area contributed by atoms with Crippen LogP contribution in [-0.2, 0) is 4.74 Å². The lowest BCUT2D eigenvalue weighted by Crippen LogP contribution is -2.56. The fourth-order valence-corrected chi connectivity index (χ4v) is 0.780. The van der Waals surface area contributed by atoms with Gasteiger partial charge in [0.2, 0.25) is 5.85 Å².